The zero-order valence-electron chi connectivity index (χ0n) is 9.26. The van der Waals surface area contributed by atoms with Crippen LogP contribution in [0.4, 0.5) is 5.82 Å². The number of hydrogen-bond acceptors (Lipinski definition) is 4. The van der Waals surface area contributed by atoms with E-state index < -0.39 is 5.97 Å². The van der Waals surface area contributed by atoms with Gasteiger partial charge in [-0.25, -0.2) is 9.78 Å². The SMILES string of the molecule is CC1CCCCN1c1cncc(C(=O)O)n1. The maximum Gasteiger partial charge on any atom is 0.356 e. The number of nitrogens with zero attached hydrogens (tertiary/aromatic N) is 3. The van der Waals surface area contributed by atoms with Gasteiger partial charge in [0.05, 0.1) is 12.4 Å². The third kappa shape index (κ3) is 2.13. The zero-order chi connectivity index (χ0) is 11.5. The summed E-state index contributed by atoms with van der Waals surface area (Å²) in [6, 6.07) is 0.409. The molecule has 1 aliphatic rings. The lowest BCUT2D eigenvalue weighted by molar-refractivity contribution is 0.0690. The smallest absolute Gasteiger partial charge is 0.356 e. The third-order valence-electron chi connectivity index (χ3n) is 2.94. The van der Waals surface area contributed by atoms with Crippen LogP contribution in [0.3, 0.4) is 0 Å². The molecule has 0 radical (unpaired) electrons. The number of piperidine rings is 1. The number of carboxylic acid groups (broad SMARTS) is 1. The summed E-state index contributed by atoms with van der Waals surface area (Å²) >= 11 is 0. The van der Waals surface area contributed by atoms with Crippen molar-refractivity contribution in [1.82, 2.24) is 9.97 Å². The number of carboxylic acids is 1. The van der Waals surface area contributed by atoms with Crippen molar-refractivity contribution in [2.75, 3.05) is 11.4 Å². The molecule has 1 N–H and O–H groups in total. The number of carbonyl (C=O) groups is 1. The number of anilines is 1. The summed E-state index contributed by atoms with van der Waals surface area (Å²) in [5.41, 5.74) is 0.00951. The van der Waals surface area contributed by atoms with Gasteiger partial charge in [-0.05, 0) is 26.2 Å². The van der Waals surface area contributed by atoms with Crippen molar-refractivity contribution < 1.29 is 9.90 Å². The Morgan fingerprint density at radius 2 is 2.31 bits per heavy atom. The molecule has 0 aromatic carbocycles. The quantitative estimate of drug-likeness (QED) is 0.820. The summed E-state index contributed by atoms with van der Waals surface area (Å²) in [5.74, 6) is -0.355. The first-order valence-corrected chi connectivity index (χ1v) is 5.50. The van der Waals surface area contributed by atoms with Crippen LogP contribution in [0.25, 0.3) is 0 Å². The van der Waals surface area contributed by atoms with E-state index in [1.54, 1.807) is 6.20 Å². The Kier molecular flexibility index (Phi) is 3.03. The molecule has 16 heavy (non-hydrogen) atoms. The van der Waals surface area contributed by atoms with Gasteiger partial charge in [0.15, 0.2) is 5.69 Å². The van der Waals surface area contributed by atoms with Crippen LogP contribution in [0.1, 0.15) is 36.7 Å². The fourth-order valence-corrected chi connectivity index (χ4v) is 2.04. The van der Waals surface area contributed by atoms with Crippen LogP contribution in [0, 0.1) is 0 Å². The van der Waals surface area contributed by atoms with Crippen LogP contribution in [0.5, 0.6) is 0 Å². The predicted octanol–water partition coefficient (Wildman–Crippen LogP) is 1.55. The lowest BCUT2D eigenvalue weighted by Gasteiger charge is -2.34. The van der Waals surface area contributed by atoms with Gasteiger partial charge in [-0.3, -0.25) is 4.98 Å². The van der Waals surface area contributed by atoms with Crippen LogP contribution >= 0.6 is 0 Å². The number of hydrogen-bond donors (Lipinski definition) is 1. The Morgan fingerprint density at radius 3 is 3.00 bits per heavy atom. The molecule has 1 saturated heterocycles. The monoisotopic (exact) mass is 221 g/mol. The van der Waals surface area contributed by atoms with E-state index in [0.717, 1.165) is 19.4 Å². The summed E-state index contributed by atoms with van der Waals surface area (Å²) in [7, 11) is 0. The second kappa shape index (κ2) is 4.47. The van der Waals surface area contributed by atoms with Gasteiger partial charge in [0.25, 0.3) is 0 Å². The largest absolute Gasteiger partial charge is 0.476 e. The van der Waals surface area contributed by atoms with Crippen molar-refractivity contribution in [3.63, 3.8) is 0 Å². The Balaban J connectivity index is 2.25. The van der Waals surface area contributed by atoms with Crippen molar-refractivity contribution in [2.45, 2.75) is 32.2 Å². The average Bonchev–Trinajstić information content (AvgIpc) is 2.30. The molecule has 1 aliphatic heterocycles. The van der Waals surface area contributed by atoms with Crippen molar-refractivity contribution in [3.05, 3.63) is 18.1 Å². The highest BCUT2D eigenvalue weighted by atomic mass is 16.4. The maximum atomic E-state index is 10.8. The van der Waals surface area contributed by atoms with E-state index in [1.807, 2.05) is 0 Å². The molecule has 5 heteroatoms. The molecule has 1 unspecified atom stereocenters. The van der Waals surface area contributed by atoms with E-state index in [1.165, 1.54) is 12.6 Å². The van der Waals surface area contributed by atoms with E-state index in [2.05, 4.69) is 21.8 Å². The minimum Gasteiger partial charge on any atom is -0.476 e. The van der Waals surface area contributed by atoms with Crippen molar-refractivity contribution in [1.29, 1.82) is 0 Å². The molecular formula is C11H15N3O2. The third-order valence-corrected chi connectivity index (χ3v) is 2.94. The van der Waals surface area contributed by atoms with E-state index in [-0.39, 0.29) is 5.69 Å². The van der Waals surface area contributed by atoms with Crippen molar-refractivity contribution in [2.24, 2.45) is 0 Å². The molecule has 1 aromatic rings. The summed E-state index contributed by atoms with van der Waals surface area (Å²) in [4.78, 5) is 21.0. The number of aromatic carboxylic acids is 1. The standard InChI is InChI=1S/C11H15N3O2/c1-8-4-2-3-5-14(8)10-7-12-6-9(13-10)11(15)16/h6-8H,2-5H2,1H3,(H,15,16). The van der Waals surface area contributed by atoms with E-state index in [9.17, 15) is 4.79 Å². The zero-order valence-corrected chi connectivity index (χ0v) is 9.26. The Labute approximate surface area is 94.1 Å². The maximum absolute atomic E-state index is 10.8. The van der Waals surface area contributed by atoms with E-state index >= 15 is 0 Å². The summed E-state index contributed by atoms with van der Waals surface area (Å²) < 4.78 is 0. The Bertz CT molecular complexity index is 395. The van der Waals surface area contributed by atoms with Crippen LogP contribution < -0.4 is 4.90 Å². The molecule has 2 rings (SSSR count). The highest BCUT2D eigenvalue weighted by molar-refractivity contribution is 5.85. The number of aromatic nitrogens is 2. The number of rotatable bonds is 2. The summed E-state index contributed by atoms with van der Waals surface area (Å²) in [6.07, 6.45) is 6.39. The van der Waals surface area contributed by atoms with Crippen molar-refractivity contribution in [3.8, 4) is 0 Å². The molecule has 86 valence electrons. The molecule has 1 fully saturated rings. The highest BCUT2D eigenvalue weighted by Crippen LogP contribution is 2.22. The molecular weight excluding hydrogens is 206 g/mol. The fourth-order valence-electron chi connectivity index (χ4n) is 2.04. The van der Waals surface area contributed by atoms with E-state index in [0.29, 0.717) is 11.9 Å². The predicted molar refractivity (Wildman–Crippen MR) is 59.7 cm³/mol. The molecule has 5 nitrogen and oxygen atoms in total. The van der Waals surface area contributed by atoms with Crippen LogP contribution in [-0.4, -0.2) is 33.6 Å². The Morgan fingerprint density at radius 1 is 1.50 bits per heavy atom. The molecule has 0 aliphatic carbocycles. The van der Waals surface area contributed by atoms with Gasteiger partial charge < -0.3 is 10.0 Å². The average molecular weight is 221 g/mol. The molecule has 0 bridgehead atoms. The summed E-state index contributed by atoms with van der Waals surface area (Å²) in [6.45, 7) is 3.06. The molecule has 1 aromatic heterocycles. The lowest BCUT2D eigenvalue weighted by atomic mass is 10.0. The second-order valence-electron chi connectivity index (χ2n) is 4.11. The van der Waals surface area contributed by atoms with Gasteiger partial charge in [-0.15, -0.1) is 0 Å². The minimum absolute atomic E-state index is 0.00951. The van der Waals surface area contributed by atoms with E-state index in [4.69, 9.17) is 5.11 Å². The van der Waals surface area contributed by atoms with Gasteiger partial charge >= 0.3 is 5.97 Å². The Hall–Kier alpha value is -1.65. The summed E-state index contributed by atoms with van der Waals surface area (Å²) in [5, 5.41) is 8.85. The molecule has 0 amide bonds. The van der Waals surface area contributed by atoms with Gasteiger partial charge in [-0.1, -0.05) is 0 Å². The lowest BCUT2D eigenvalue weighted by Crippen LogP contribution is -2.38. The first-order chi connectivity index (χ1) is 7.68. The van der Waals surface area contributed by atoms with Crippen LogP contribution in [-0.2, 0) is 0 Å². The molecule has 1 atom stereocenters. The van der Waals surface area contributed by atoms with Gasteiger partial charge in [0, 0.05) is 12.6 Å². The molecule has 0 spiro atoms. The first kappa shape index (κ1) is 10.9. The van der Waals surface area contributed by atoms with Gasteiger partial charge in [-0.2, -0.15) is 0 Å². The molecule has 2 heterocycles. The highest BCUT2D eigenvalue weighted by Gasteiger charge is 2.20. The minimum atomic E-state index is -1.03. The van der Waals surface area contributed by atoms with Crippen LogP contribution in [0.15, 0.2) is 12.4 Å². The van der Waals surface area contributed by atoms with Crippen molar-refractivity contribution >= 4 is 11.8 Å². The van der Waals surface area contributed by atoms with Gasteiger partial charge in [0.2, 0.25) is 0 Å². The first-order valence-electron chi connectivity index (χ1n) is 5.50. The topological polar surface area (TPSA) is 66.3 Å². The normalized spacial score (nSPS) is 20.8. The fraction of sp³-hybridized carbons (Fsp3) is 0.545. The van der Waals surface area contributed by atoms with Crippen LogP contribution in [0.2, 0.25) is 0 Å². The molecule has 0 saturated carbocycles. The second-order valence-corrected chi connectivity index (χ2v) is 4.11. The van der Waals surface area contributed by atoms with Gasteiger partial charge in [0.1, 0.15) is 5.82 Å².